The molecule has 4 rings (SSSR count). The maximum atomic E-state index is 12.4. The Bertz CT molecular complexity index is 1160. The maximum absolute atomic E-state index is 12.4. The summed E-state index contributed by atoms with van der Waals surface area (Å²) in [5.74, 6) is 0.615. The highest BCUT2D eigenvalue weighted by molar-refractivity contribution is 5.94. The Morgan fingerprint density at radius 1 is 1.18 bits per heavy atom. The summed E-state index contributed by atoms with van der Waals surface area (Å²) < 4.78 is 1.57. The summed E-state index contributed by atoms with van der Waals surface area (Å²) in [5, 5.41) is 16.9. The summed E-state index contributed by atoms with van der Waals surface area (Å²) in [5.41, 5.74) is 1.76. The van der Waals surface area contributed by atoms with Gasteiger partial charge in [-0.25, -0.2) is 9.78 Å². The summed E-state index contributed by atoms with van der Waals surface area (Å²) in [7, 11) is 1.60. The van der Waals surface area contributed by atoms with Crippen LogP contribution < -0.4 is 15.5 Å². The predicted molar refractivity (Wildman–Crippen MR) is 130 cm³/mol. The van der Waals surface area contributed by atoms with Crippen LogP contribution in [0.1, 0.15) is 39.5 Å². The molecule has 33 heavy (non-hydrogen) atoms. The molecular formula is C25H31N5O3. The number of amides is 2. The number of hydrogen-bond acceptors (Lipinski definition) is 5. The van der Waals surface area contributed by atoms with Crippen molar-refractivity contribution in [2.75, 3.05) is 23.8 Å². The van der Waals surface area contributed by atoms with Crippen molar-refractivity contribution in [1.82, 2.24) is 14.9 Å². The molecule has 0 bridgehead atoms. The first-order chi connectivity index (χ1) is 15.7. The van der Waals surface area contributed by atoms with E-state index in [0.717, 1.165) is 41.5 Å². The molecule has 1 aliphatic rings. The molecule has 2 heterocycles. The van der Waals surface area contributed by atoms with Crippen molar-refractivity contribution < 1.29 is 14.7 Å². The van der Waals surface area contributed by atoms with Crippen LogP contribution in [0.2, 0.25) is 0 Å². The SMILES string of the molecule is CNC(=O)n1ccc2cc(N(CCC(C)(C)O)c3ccnc(NC(=O)C4CCC4)c3)ccc21. The number of carbonyl (C=O) groups is 2. The normalized spacial score (nSPS) is 14.1. The zero-order valence-corrected chi connectivity index (χ0v) is 19.3. The third kappa shape index (κ3) is 5.17. The molecule has 3 N–H and O–H groups in total. The van der Waals surface area contributed by atoms with E-state index < -0.39 is 5.60 Å². The van der Waals surface area contributed by atoms with Crippen molar-refractivity contribution in [1.29, 1.82) is 0 Å². The van der Waals surface area contributed by atoms with Crippen molar-refractivity contribution >= 4 is 40.0 Å². The molecule has 0 atom stereocenters. The highest BCUT2D eigenvalue weighted by Gasteiger charge is 2.25. The largest absolute Gasteiger partial charge is 0.390 e. The molecule has 1 aromatic carbocycles. The van der Waals surface area contributed by atoms with Gasteiger partial charge in [-0.3, -0.25) is 9.36 Å². The van der Waals surface area contributed by atoms with Gasteiger partial charge in [0.2, 0.25) is 5.91 Å². The van der Waals surface area contributed by atoms with Crippen LogP contribution in [0.5, 0.6) is 0 Å². The Kier molecular flexibility index (Phi) is 6.37. The fraction of sp³-hybridized carbons (Fsp3) is 0.400. The number of carbonyl (C=O) groups excluding carboxylic acids is 2. The van der Waals surface area contributed by atoms with Crippen LogP contribution in [0, 0.1) is 5.92 Å². The first-order valence-corrected chi connectivity index (χ1v) is 11.4. The number of aromatic nitrogens is 2. The molecule has 3 aromatic rings. The van der Waals surface area contributed by atoms with E-state index in [2.05, 4.69) is 20.5 Å². The molecule has 1 saturated carbocycles. The van der Waals surface area contributed by atoms with Crippen molar-refractivity contribution in [2.24, 2.45) is 5.92 Å². The standard InChI is InChI=1S/C25H31N5O3/c1-25(2,33)11-14-29(19-7-8-21-18(15-19)10-13-30(21)24(32)26-3)20-9-12-27-22(16-20)28-23(31)17-5-4-6-17/h7-10,12-13,15-17,33H,4-6,11,14H2,1-3H3,(H,26,32)(H,27,28,31). The quantitative estimate of drug-likeness (QED) is 0.500. The zero-order valence-electron chi connectivity index (χ0n) is 19.3. The van der Waals surface area contributed by atoms with Gasteiger partial charge in [0.25, 0.3) is 0 Å². The van der Waals surface area contributed by atoms with Gasteiger partial charge in [0.15, 0.2) is 0 Å². The second-order valence-corrected chi connectivity index (χ2v) is 9.21. The number of nitrogens with one attached hydrogen (secondary N) is 2. The molecule has 2 aromatic heterocycles. The highest BCUT2D eigenvalue weighted by atomic mass is 16.3. The molecule has 0 saturated heterocycles. The number of aliphatic hydroxyl groups is 1. The molecule has 0 spiro atoms. The van der Waals surface area contributed by atoms with Crippen LogP contribution in [0.4, 0.5) is 22.0 Å². The van der Waals surface area contributed by atoms with E-state index >= 15 is 0 Å². The average molecular weight is 450 g/mol. The summed E-state index contributed by atoms with van der Waals surface area (Å²) in [4.78, 5) is 30.9. The lowest BCUT2D eigenvalue weighted by atomic mass is 9.85. The fourth-order valence-electron chi connectivity index (χ4n) is 3.94. The topological polar surface area (TPSA) is 99.5 Å². The average Bonchev–Trinajstić information content (AvgIpc) is 3.15. The van der Waals surface area contributed by atoms with Crippen molar-refractivity contribution in [3.63, 3.8) is 0 Å². The van der Waals surface area contributed by atoms with E-state index in [4.69, 9.17) is 0 Å². The summed E-state index contributed by atoms with van der Waals surface area (Å²) in [6.45, 7) is 4.13. The lowest BCUT2D eigenvalue weighted by Gasteiger charge is -2.29. The Labute approximate surface area is 193 Å². The number of fused-ring (bicyclic) bond motifs is 1. The molecule has 0 radical (unpaired) electrons. The summed E-state index contributed by atoms with van der Waals surface area (Å²) >= 11 is 0. The number of anilines is 3. The second-order valence-electron chi connectivity index (χ2n) is 9.21. The van der Waals surface area contributed by atoms with Crippen LogP contribution in [-0.4, -0.2) is 45.8 Å². The molecule has 0 unspecified atom stereocenters. The highest BCUT2D eigenvalue weighted by Crippen LogP contribution is 2.32. The number of nitrogens with zero attached hydrogens (tertiary/aromatic N) is 3. The minimum atomic E-state index is -0.834. The predicted octanol–water partition coefficient (Wildman–Crippen LogP) is 4.26. The van der Waals surface area contributed by atoms with Gasteiger partial charge >= 0.3 is 6.03 Å². The van der Waals surface area contributed by atoms with Gasteiger partial charge in [-0.15, -0.1) is 0 Å². The second kappa shape index (κ2) is 9.23. The van der Waals surface area contributed by atoms with Crippen LogP contribution in [-0.2, 0) is 4.79 Å². The van der Waals surface area contributed by atoms with E-state index in [1.165, 1.54) is 0 Å². The minimum absolute atomic E-state index is 0.0194. The molecule has 1 fully saturated rings. The number of hydrogen-bond donors (Lipinski definition) is 3. The van der Waals surface area contributed by atoms with Gasteiger partial charge in [0, 0.05) is 54.7 Å². The van der Waals surface area contributed by atoms with Crippen LogP contribution in [0.3, 0.4) is 0 Å². The molecule has 2 amide bonds. The number of benzene rings is 1. The molecular weight excluding hydrogens is 418 g/mol. The van der Waals surface area contributed by atoms with E-state index in [0.29, 0.717) is 18.8 Å². The molecule has 0 aliphatic heterocycles. The third-order valence-electron chi connectivity index (χ3n) is 6.15. The minimum Gasteiger partial charge on any atom is -0.390 e. The van der Waals surface area contributed by atoms with Crippen molar-refractivity contribution in [2.45, 2.75) is 45.1 Å². The van der Waals surface area contributed by atoms with Crippen molar-refractivity contribution in [3.05, 3.63) is 48.8 Å². The van der Waals surface area contributed by atoms with E-state index in [1.807, 2.05) is 36.4 Å². The van der Waals surface area contributed by atoms with E-state index in [9.17, 15) is 14.7 Å². The van der Waals surface area contributed by atoms with Crippen LogP contribution in [0.25, 0.3) is 10.9 Å². The molecule has 8 heteroatoms. The molecule has 1 aliphatic carbocycles. The van der Waals surface area contributed by atoms with E-state index in [1.54, 1.807) is 37.9 Å². The Morgan fingerprint density at radius 2 is 1.94 bits per heavy atom. The van der Waals surface area contributed by atoms with Crippen LogP contribution >= 0.6 is 0 Å². The number of pyridine rings is 1. The first-order valence-electron chi connectivity index (χ1n) is 11.4. The van der Waals surface area contributed by atoms with Gasteiger partial charge in [-0.2, -0.15) is 0 Å². The Balaban J connectivity index is 1.66. The van der Waals surface area contributed by atoms with Gasteiger partial charge in [0.1, 0.15) is 5.82 Å². The van der Waals surface area contributed by atoms with Crippen molar-refractivity contribution in [3.8, 4) is 0 Å². The zero-order chi connectivity index (χ0) is 23.6. The molecule has 174 valence electrons. The molecule has 8 nitrogen and oxygen atoms in total. The Morgan fingerprint density at radius 3 is 2.61 bits per heavy atom. The van der Waals surface area contributed by atoms with Crippen LogP contribution in [0.15, 0.2) is 48.8 Å². The third-order valence-corrected chi connectivity index (χ3v) is 6.15. The fourth-order valence-corrected chi connectivity index (χ4v) is 3.94. The number of rotatable bonds is 7. The summed E-state index contributed by atoms with van der Waals surface area (Å²) in [6.07, 6.45) is 6.92. The lowest BCUT2D eigenvalue weighted by Crippen LogP contribution is -2.29. The Hall–Kier alpha value is -3.39. The summed E-state index contributed by atoms with van der Waals surface area (Å²) in [6, 6.07) is 11.4. The van der Waals surface area contributed by atoms with Gasteiger partial charge in [-0.05, 0) is 63.4 Å². The van der Waals surface area contributed by atoms with Gasteiger partial charge in [0.05, 0.1) is 11.1 Å². The lowest BCUT2D eigenvalue weighted by molar-refractivity contribution is -0.122. The van der Waals surface area contributed by atoms with Gasteiger partial charge < -0.3 is 20.6 Å². The monoisotopic (exact) mass is 449 g/mol. The van der Waals surface area contributed by atoms with Gasteiger partial charge in [-0.1, -0.05) is 6.42 Å². The maximum Gasteiger partial charge on any atom is 0.325 e. The van der Waals surface area contributed by atoms with E-state index in [-0.39, 0.29) is 17.9 Å². The first kappa shape index (κ1) is 22.8. The smallest absolute Gasteiger partial charge is 0.325 e.